The molecule has 1 saturated heterocycles. The smallest absolute Gasteiger partial charge is 0.433 e. The number of likely N-dealkylation sites (tertiary alicyclic amines) is 1. The zero-order valence-corrected chi connectivity index (χ0v) is 16.6. The Bertz CT molecular complexity index is 1120. The number of anilines is 2. The summed E-state index contributed by atoms with van der Waals surface area (Å²) in [6.07, 6.45) is 1.09. The molecular weight excluding hydrogens is 415 g/mol. The average Bonchev–Trinajstić information content (AvgIpc) is 3.04. The fourth-order valence-corrected chi connectivity index (χ4v) is 3.48. The van der Waals surface area contributed by atoms with Gasteiger partial charge in [-0.1, -0.05) is 0 Å². The van der Waals surface area contributed by atoms with E-state index in [4.69, 9.17) is 10.5 Å². The number of rotatable bonds is 4. The van der Waals surface area contributed by atoms with E-state index < -0.39 is 17.8 Å². The van der Waals surface area contributed by atoms with Gasteiger partial charge in [-0.15, -0.1) is 5.10 Å². The molecule has 12 heteroatoms. The van der Waals surface area contributed by atoms with Gasteiger partial charge in [0.15, 0.2) is 11.5 Å². The third kappa shape index (κ3) is 4.38. The summed E-state index contributed by atoms with van der Waals surface area (Å²) in [7, 11) is 2.00. The summed E-state index contributed by atoms with van der Waals surface area (Å²) in [5.41, 5.74) is 4.35. The number of nitrogens with two attached hydrogens (primary N) is 1. The van der Waals surface area contributed by atoms with Crippen molar-refractivity contribution in [3.63, 3.8) is 0 Å². The van der Waals surface area contributed by atoms with Crippen molar-refractivity contribution in [1.29, 1.82) is 0 Å². The fraction of sp³-hybridized carbons (Fsp3) is 0.368. The molecule has 4 rings (SSSR count). The zero-order chi connectivity index (χ0) is 22.2. The van der Waals surface area contributed by atoms with Crippen molar-refractivity contribution in [2.24, 2.45) is 0 Å². The van der Waals surface area contributed by atoms with E-state index in [9.17, 15) is 18.0 Å². The van der Waals surface area contributed by atoms with Gasteiger partial charge in [0.2, 0.25) is 0 Å². The van der Waals surface area contributed by atoms with Crippen LogP contribution in [0.1, 0.15) is 28.9 Å². The lowest BCUT2D eigenvalue weighted by atomic mass is 10.1. The van der Waals surface area contributed by atoms with Crippen LogP contribution in [-0.2, 0) is 6.18 Å². The Kier molecular flexibility index (Phi) is 5.39. The maximum absolute atomic E-state index is 13.1. The largest absolute Gasteiger partial charge is 0.487 e. The molecule has 0 aromatic carbocycles. The molecule has 164 valence electrons. The number of nitrogens with zero attached hydrogens (tertiary/aromatic N) is 5. The monoisotopic (exact) mass is 435 g/mol. The van der Waals surface area contributed by atoms with Gasteiger partial charge in [-0.3, -0.25) is 9.78 Å². The van der Waals surface area contributed by atoms with Crippen molar-refractivity contribution in [3.8, 4) is 5.75 Å². The van der Waals surface area contributed by atoms with Crippen LogP contribution in [0, 0.1) is 0 Å². The van der Waals surface area contributed by atoms with E-state index in [1.54, 1.807) is 6.07 Å². The summed E-state index contributed by atoms with van der Waals surface area (Å²) >= 11 is 0. The van der Waals surface area contributed by atoms with Crippen LogP contribution in [0.25, 0.3) is 5.65 Å². The molecule has 1 aliphatic heterocycles. The summed E-state index contributed by atoms with van der Waals surface area (Å²) in [6.45, 7) is 1.72. The molecule has 1 fully saturated rings. The van der Waals surface area contributed by atoms with Crippen molar-refractivity contribution < 1.29 is 22.7 Å². The van der Waals surface area contributed by atoms with E-state index in [1.165, 1.54) is 12.4 Å². The standard InChI is InChI=1S/C19H20F3N7O2/c1-28-7-2-3-11(10-28)31-13-4-6-24-9-12(13)25-18(30)15-16(23)27-29-8-5-14(19(20,21)22)26-17(15)29/h4-6,8-9,11H,2-3,7,10H2,1H3,(H2,23,27)(H,25,30). The molecular formula is C19H20F3N7O2. The van der Waals surface area contributed by atoms with Gasteiger partial charge in [-0.25, -0.2) is 9.50 Å². The molecule has 1 atom stereocenters. The highest BCUT2D eigenvalue weighted by atomic mass is 19.4. The molecule has 0 saturated carbocycles. The van der Waals surface area contributed by atoms with Gasteiger partial charge in [-0.05, 0) is 32.5 Å². The Balaban J connectivity index is 1.62. The molecule has 0 bridgehead atoms. The second-order valence-corrected chi connectivity index (χ2v) is 7.31. The number of carbonyl (C=O) groups is 1. The summed E-state index contributed by atoms with van der Waals surface area (Å²) in [5, 5.41) is 6.48. The first-order valence-corrected chi connectivity index (χ1v) is 9.55. The van der Waals surface area contributed by atoms with Gasteiger partial charge >= 0.3 is 6.18 Å². The van der Waals surface area contributed by atoms with Crippen molar-refractivity contribution in [3.05, 3.63) is 42.0 Å². The van der Waals surface area contributed by atoms with Crippen LogP contribution in [-0.4, -0.2) is 56.6 Å². The first kappa shape index (κ1) is 20.8. The summed E-state index contributed by atoms with van der Waals surface area (Å²) in [6, 6.07) is 2.37. The van der Waals surface area contributed by atoms with Crippen LogP contribution >= 0.6 is 0 Å². The number of carbonyl (C=O) groups excluding carboxylic acids is 1. The van der Waals surface area contributed by atoms with E-state index in [0.29, 0.717) is 5.75 Å². The number of amides is 1. The van der Waals surface area contributed by atoms with Gasteiger partial charge in [0.05, 0.1) is 6.20 Å². The van der Waals surface area contributed by atoms with Crippen LogP contribution in [0.5, 0.6) is 5.75 Å². The van der Waals surface area contributed by atoms with Gasteiger partial charge < -0.3 is 20.7 Å². The minimum absolute atomic E-state index is 0.0603. The van der Waals surface area contributed by atoms with Crippen LogP contribution in [0.15, 0.2) is 30.7 Å². The van der Waals surface area contributed by atoms with Gasteiger partial charge in [0.25, 0.3) is 5.91 Å². The number of fused-ring (bicyclic) bond motifs is 1. The number of nitrogens with one attached hydrogen (secondary N) is 1. The molecule has 0 radical (unpaired) electrons. The molecule has 4 heterocycles. The highest BCUT2D eigenvalue weighted by Crippen LogP contribution is 2.30. The predicted molar refractivity (Wildman–Crippen MR) is 106 cm³/mol. The van der Waals surface area contributed by atoms with Crippen LogP contribution < -0.4 is 15.8 Å². The predicted octanol–water partition coefficient (Wildman–Crippen LogP) is 2.45. The molecule has 3 aromatic heterocycles. The van der Waals surface area contributed by atoms with E-state index >= 15 is 0 Å². The normalized spacial score (nSPS) is 17.6. The molecule has 31 heavy (non-hydrogen) atoms. The average molecular weight is 435 g/mol. The maximum atomic E-state index is 13.1. The Morgan fingerprint density at radius 1 is 1.35 bits per heavy atom. The molecule has 3 N–H and O–H groups in total. The second kappa shape index (κ2) is 8.02. The highest BCUT2D eigenvalue weighted by molar-refractivity contribution is 6.12. The molecule has 0 aliphatic carbocycles. The quantitative estimate of drug-likeness (QED) is 0.648. The second-order valence-electron chi connectivity index (χ2n) is 7.31. The van der Waals surface area contributed by atoms with Gasteiger partial charge in [-0.2, -0.15) is 13.2 Å². The summed E-state index contributed by atoms with van der Waals surface area (Å²) in [4.78, 5) is 22.6. The SMILES string of the molecule is CN1CCCC(Oc2ccncc2NC(=O)c2c(N)nn3ccc(C(F)(F)F)nc23)C1. The van der Waals surface area contributed by atoms with E-state index in [2.05, 4.69) is 25.3 Å². The number of pyridine rings is 1. The number of aromatic nitrogens is 4. The van der Waals surface area contributed by atoms with E-state index in [1.807, 2.05) is 7.05 Å². The zero-order valence-electron chi connectivity index (χ0n) is 16.6. The van der Waals surface area contributed by atoms with Crippen molar-refractivity contribution in [1.82, 2.24) is 24.5 Å². The molecule has 9 nitrogen and oxygen atoms in total. The lowest BCUT2D eigenvalue weighted by Gasteiger charge is -2.30. The van der Waals surface area contributed by atoms with Crippen molar-refractivity contribution in [2.45, 2.75) is 25.1 Å². The number of piperidine rings is 1. The Morgan fingerprint density at radius 2 is 2.16 bits per heavy atom. The molecule has 1 aliphatic rings. The third-order valence-electron chi connectivity index (χ3n) is 4.93. The number of hydrogen-bond acceptors (Lipinski definition) is 7. The summed E-state index contributed by atoms with van der Waals surface area (Å²) < 4.78 is 46.2. The van der Waals surface area contributed by atoms with Crippen molar-refractivity contribution in [2.75, 3.05) is 31.2 Å². The number of nitrogen functional groups attached to an aromatic ring is 1. The third-order valence-corrected chi connectivity index (χ3v) is 4.93. The molecule has 0 spiro atoms. The van der Waals surface area contributed by atoms with Crippen LogP contribution in [0.4, 0.5) is 24.7 Å². The van der Waals surface area contributed by atoms with E-state index in [-0.39, 0.29) is 28.8 Å². The lowest BCUT2D eigenvalue weighted by molar-refractivity contribution is -0.141. The molecule has 1 unspecified atom stereocenters. The first-order chi connectivity index (χ1) is 14.7. The molecule has 3 aromatic rings. The Hall–Kier alpha value is -3.41. The van der Waals surface area contributed by atoms with E-state index in [0.717, 1.165) is 42.7 Å². The van der Waals surface area contributed by atoms with Crippen molar-refractivity contribution >= 4 is 23.1 Å². The van der Waals surface area contributed by atoms with Gasteiger partial charge in [0, 0.05) is 25.0 Å². The molecule has 1 amide bonds. The topological polar surface area (TPSA) is 111 Å². The minimum Gasteiger partial charge on any atom is -0.487 e. The first-order valence-electron chi connectivity index (χ1n) is 9.55. The minimum atomic E-state index is -4.67. The fourth-order valence-electron chi connectivity index (χ4n) is 3.48. The number of likely N-dealkylation sites (N-methyl/N-ethyl adjacent to an activating group) is 1. The highest BCUT2D eigenvalue weighted by Gasteiger charge is 2.34. The van der Waals surface area contributed by atoms with Crippen LogP contribution in [0.2, 0.25) is 0 Å². The number of alkyl halides is 3. The number of halogens is 3. The Labute approximate surface area is 175 Å². The lowest BCUT2D eigenvalue weighted by Crippen LogP contribution is -2.38. The van der Waals surface area contributed by atoms with Crippen LogP contribution in [0.3, 0.4) is 0 Å². The number of ether oxygens (including phenoxy) is 1. The Morgan fingerprint density at radius 3 is 2.90 bits per heavy atom. The number of hydrogen-bond donors (Lipinski definition) is 2. The summed E-state index contributed by atoms with van der Waals surface area (Å²) in [5.74, 6) is -0.606. The maximum Gasteiger partial charge on any atom is 0.433 e. The van der Waals surface area contributed by atoms with Gasteiger partial charge in [0.1, 0.15) is 28.8 Å².